The lowest BCUT2D eigenvalue weighted by Gasteiger charge is -2.19. The van der Waals surface area contributed by atoms with Gasteiger partial charge in [-0.25, -0.2) is 18.5 Å². The van der Waals surface area contributed by atoms with Crippen LogP contribution in [0.2, 0.25) is 0 Å². The number of sulfonamides is 1. The summed E-state index contributed by atoms with van der Waals surface area (Å²) in [7, 11) is -4.09. The molecule has 4 rings (SSSR count). The third-order valence-corrected chi connectivity index (χ3v) is 7.79. The second-order valence-corrected chi connectivity index (χ2v) is 10.7. The zero-order valence-electron chi connectivity index (χ0n) is 18.1. The van der Waals surface area contributed by atoms with Gasteiger partial charge in [0.05, 0.1) is 21.2 Å². The number of ether oxygens (including phenoxy) is 1. The molecule has 9 heteroatoms. The normalized spacial score (nSPS) is 12.6. The maximum Gasteiger partial charge on any atom is 0.241 e. The maximum atomic E-state index is 12.6. The number of nitrogens with two attached hydrogens (primary N) is 1. The Labute approximate surface area is 203 Å². The molecule has 6 nitrogen and oxygen atoms in total. The minimum atomic E-state index is -4.09. The van der Waals surface area contributed by atoms with E-state index in [1.165, 1.54) is 17.4 Å². The van der Waals surface area contributed by atoms with Crippen LogP contribution in [-0.2, 0) is 10.0 Å². The van der Waals surface area contributed by atoms with Crippen molar-refractivity contribution in [3.63, 3.8) is 0 Å². The van der Waals surface area contributed by atoms with Crippen molar-refractivity contribution in [2.75, 3.05) is 11.9 Å². The van der Waals surface area contributed by atoms with Gasteiger partial charge >= 0.3 is 0 Å². The minimum Gasteiger partial charge on any atom is -0.454 e. The highest BCUT2D eigenvalue weighted by molar-refractivity contribution is 7.89. The number of unbranched alkanes of at least 4 members (excludes halogenated alkanes) is 1. The van der Waals surface area contributed by atoms with Crippen LogP contribution in [0.25, 0.3) is 10.2 Å². The van der Waals surface area contributed by atoms with E-state index in [-0.39, 0.29) is 10.6 Å². The molecular weight excluding hydrogens is 474 g/mol. The number of primary sulfonamides is 1. The van der Waals surface area contributed by atoms with Crippen LogP contribution in [0.1, 0.15) is 35.6 Å². The van der Waals surface area contributed by atoms with Gasteiger partial charge in [-0.1, -0.05) is 43.7 Å². The van der Waals surface area contributed by atoms with Gasteiger partial charge in [0.25, 0.3) is 0 Å². The Hall–Kier alpha value is -2.59. The Balaban J connectivity index is 1.82. The average Bonchev–Trinajstić information content (AvgIpc) is 3.24. The van der Waals surface area contributed by atoms with Crippen LogP contribution >= 0.6 is 24.0 Å². The predicted molar refractivity (Wildman–Crippen MR) is 138 cm³/mol. The number of hydrogen-bond acceptors (Lipinski definition) is 7. The number of benzene rings is 3. The number of anilines is 1. The molecule has 0 aliphatic heterocycles. The maximum absolute atomic E-state index is 12.6. The van der Waals surface area contributed by atoms with Crippen molar-refractivity contribution in [3.05, 3.63) is 77.3 Å². The Morgan fingerprint density at radius 2 is 1.85 bits per heavy atom. The molecule has 4 aromatic rings. The summed E-state index contributed by atoms with van der Waals surface area (Å²) in [6.45, 7) is 2.75. The number of thiazole rings is 1. The number of fused-ring (bicyclic) bond motifs is 1. The van der Waals surface area contributed by atoms with Crippen LogP contribution < -0.4 is 15.2 Å². The van der Waals surface area contributed by atoms with Gasteiger partial charge in [-0.05, 0) is 48.4 Å². The summed E-state index contributed by atoms with van der Waals surface area (Å²) in [6, 6.07) is 20.3. The molecule has 0 saturated carbocycles. The van der Waals surface area contributed by atoms with Gasteiger partial charge in [0.1, 0.15) is 15.7 Å². The van der Waals surface area contributed by atoms with Crippen molar-refractivity contribution in [2.24, 2.45) is 5.14 Å². The zero-order chi connectivity index (χ0) is 23.4. The predicted octanol–water partition coefficient (Wildman–Crippen LogP) is 5.97. The SMILES string of the molecule is CCCCNc1cc(C(S)c2nc3ccccc3s2)cc(S(N)(=O)=O)c1Oc1ccccc1. The summed E-state index contributed by atoms with van der Waals surface area (Å²) in [4.78, 5) is 4.59. The van der Waals surface area contributed by atoms with E-state index >= 15 is 0 Å². The Morgan fingerprint density at radius 3 is 2.55 bits per heavy atom. The molecule has 1 heterocycles. The van der Waals surface area contributed by atoms with Crippen LogP contribution in [-0.4, -0.2) is 19.9 Å². The fourth-order valence-corrected chi connectivity index (χ4v) is 5.44. The summed E-state index contributed by atoms with van der Waals surface area (Å²) in [6.07, 6.45) is 1.91. The van der Waals surface area contributed by atoms with Crippen LogP contribution in [0.15, 0.2) is 71.6 Å². The summed E-state index contributed by atoms with van der Waals surface area (Å²) in [5.74, 6) is 0.690. The van der Waals surface area contributed by atoms with Crippen LogP contribution in [0.4, 0.5) is 5.69 Å². The molecule has 0 spiro atoms. The van der Waals surface area contributed by atoms with Crippen molar-refractivity contribution < 1.29 is 13.2 Å². The molecule has 0 aliphatic rings. The smallest absolute Gasteiger partial charge is 0.241 e. The Bertz CT molecular complexity index is 1320. The Kier molecular flexibility index (Phi) is 7.23. The molecule has 33 heavy (non-hydrogen) atoms. The number of rotatable bonds is 9. The zero-order valence-corrected chi connectivity index (χ0v) is 20.6. The first-order valence-electron chi connectivity index (χ1n) is 10.6. The molecule has 0 fully saturated rings. The number of thiol groups is 1. The molecule has 1 aromatic heterocycles. The molecule has 3 aromatic carbocycles. The van der Waals surface area contributed by atoms with Crippen molar-refractivity contribution >= 4 is 49.9 Å². The fraction of sp³-hybridized carbons (Fsp3) is 0.208. The van der Waals surface area contributed by atoms with E-state index in [1.807, 2.05) is 48.5 Å². The highest BCUT2D eigenvalue weighted by Crippen LogP contribution is 2.42. The highest BCUT2D eigenvalue weighted by Gasteiger charge is 2.25. The molecule has 3 N–H and O–H groups in total. The van der Waals surface area contributed by atoms with E-state index in [2.05, 4.69) is 17.2 Å². The molecule has 1 unspecified atom stereocenters. The number of nitrogens with one attached hydrogen (secondary N) is 1. The van der Waals surface area contributed by atoms with E-state index in [9.17, 15) is 8.42 Å². The molecule has 1 atom stereocenters. The Morgan fingerprint density at radius 1 is 1.12 bits per heavy atom. The minimum absolute atomic E-state index is 0.0944. The molecule has 0 amide bonds. The van der Waals surface area contributed by atoms with Crippen molar-refractivity contribution in [2.45, 2.75) is 29.9 Å². The molecule has 0 bridgehead atoms. The monoisotopic (exact) mass is 499 g/mol. The van der Waals surface area contributed by atoms with Crippen LogP contribution in [0.3, 0.4) is 0 Å². The lowest BCUT2D eigenvalue weighted by Crippen LogP contribution is -2.16. The van der Waals surface area contributed by atoms with E-state index < -0.39 is 15.3 Å². The van der Waals surface area contributed by atoms with Gasteiger partial charge in [0.15, 0.2) is 5.75 Å². The third kappa shape index (κ3) is 5.50. The summed E-state index contributed by atoms with van der Waals surface area (Å²) in [5, 5.41) is 9.30. The molecule has 0 saturated heterocycles. The largest absolute Gasteiger partial charge is 0.454 e. The lowest BCUT2D eigenvalue weighted by atomic mass is 10.1. The highest BCUT2D eigenvalue weighted by atomic mass is 32.2. The van der Waals surface area contributed by atoms with Gasteiger partial charge in [0, 0.05) is 6.54 Å². The lowest BCUT2D eigenvalue weighted by molar-refractivity contribution is 0.469. The van der Waals surface area contributed by atoms with Crippen molar-refractivity contribution in [3.8, 4) is 11.5 Å². The van der Waals surface area contributed by atoms with E-state index in [1.54, 1.807) is 12.1 Å². The van der Waals surface area contributed by atoms with Crippen molar-refractivity contribution in [1.29, 1.82) is 0 Å². The fourth-order valence-electron chi connectivity index (χ4n) is 3.39. The molecule has 0 radical (unpaired) electrons. The van der Waals surface area contributed by atoms with Gasteiger partial charge < -0.3 is 10.1 Å². The van der Waals surface area contributed by atoms with Crippen molar-refractivity contribution in [1.82, 2.24) is 4.98 Å². The average molecular weight is 500 g/mol. The van der Waals surface area contributed by atoms with E-state index in [4.69, 9.17) is 22.5 Å². The number of hydrogen-bond donors (Lipinski definition) is 3. The van der Waals surface area contributed by atoms with E-state index in [0.29, 0.717) is 23.5 Å². The standard InChI is InChI=1S/C24H25N3O3S3/c1-2-3-13-26-19-14-16(23(31)24-27-18-11-7-8-12-20(18)32-24)15-21(33(25,28)29)22(19)30-17-9-5-4-6-10-17/h4-12,14-15,23,26,31H,2-3,13H2,1H3,(H2,25,28,29). The third-order valence-electron chi connectivity index (χ3n) is 5.05. The summed E-state index contributed by atoms with van der Waals surface area (Å²) < 4.78 is 32.3. The first kappa shape index (κ1) is 23.6. The van der Waals surface area contributed by atoms with Gasteiger partial charge in [0.2, 0.25) is 10.0 Å². The summed E-state index contributed by atoms with van der Waals surface area (Å²) in [5.41, 5.74) is 2.10. The topological polar surface area (TPSA) is 94.3 Å². The van der Waals surface area contributed by atoms with Gasteiger partial charge in [-0.3, -0.25) is 0 Å². The summed E-state index contributed by atoms with van der Waals surface area (Å²) >= 11 is 6.32. The second-order valence-electron chi connectivity index (χ2n) is 7.56. The second kappa shape index (κ2) is 10.1. The number of aromatic nitrogens is 1. The van der Waals surface area contributed by atoms with Gasteiger partial charge in [-0.2, -0.15) is 12.6 Å². The van der Waals surface area contributed by atoms with Gasteiger partial charge in [-0.15, -0.1) is 11.3 Å². The quantitative estimate of drug-likeness (QED) is 0.195. The number of para-hydroxylation sites is 2. The van der Waals surface area contributed by atoms with Crippen LogP contribution in [0.5, 0.6) is 11.5 Å². The number of nitrogens with zero attached hydrogens (tertiary/aromatic N) is 1. The van der Waals surface area contributed by atoms with Crippen LogP contribution in [0, 0.1) is 0 Å². The first-order valence-corrected chi connectivity index (χ1v) is 13.5. The molecule has 0 aliphatic carbocycles. The molecular formula is C24H25N3O3S3. The molecule has 172 valence electrons. The van der Waals surface area contributed by atoms with E-state index in [0.717, 1.165) is 28.1 Å². The first-order chi connectivity index (χ1) is 15.9.